The molecule has 12 heteroatoms. The van der Waals surface area contributed by atoms with Gasteiger partial charge in [0.2, 0.25) is 5.95 Å². The number of nitrogens with two attached hydrogens (primary N) is 2. The van der Waals surface area contributed by atoms with Gasteiger partial charge in [-0.15, -0.1) is 0 Å². The van der Waals surface area contributed by atoms with Crippen molar-refractivity contribution in [1.29, 1.82) is 0 Å². The molecule has 0 aliphatic heterocycles. The number of hydrogen-bond acceptors (Lipinski definition) is 7. The fraction of sp³-hybridized carbons (Fsp3) is 0.500. The van der Waals surface area contributed by atoms with E-state index in [-0.39, 0.29) is 24.8 Å². The van der Waals surface area contributed by atoms with Crippen LogP contribution in [0.5, 0.6) is 0 Å². The highest BCUT2D eigenvalue weighted by molar-refractivity contribution is 5.80. The number of fused-ring (bicyclic) bond motifs is 1. The summed E-state index contributed by atoms with van der Waals surface area (Å²) >= 11 is 0. The highest BCUT2D eigenvalue weighted by Crippen LogP contribution is 2.16. The Hall–Kier alpha value is -3.31. The van der Waals surface area contributed by atoms with Gasteiger partial charge in [0.25, 0.3) is 5.56 Å². The largest absolute Gasteiger partial charge is 0.462 e. The van der Waals surface area contributed by atoms with Gasteiger partial charge >= 0.3 is 11.7 Å². The van der Waals surface area contributed by atoms with Gasteiger partial charge in [0, 0.05) is 28.2 Å². The van der Waals surface area contributed by atoms with Crippen molar-refractivity contribution in [3.63, 3.8) is 0 Å². The summed E-state index contributed by atoms with van der Waals surface area (Å²) in [6.07, 6.45) is 0. The molecule has 0 aromatic carbocycles. The molecule has 2 aromatic heterocycles. The molecule has 0 atom stereocenters. The molecular formula is C14H22N8O4. The maximum absolute atomic E-state index is 12.4. The van der Waals surface area contributed by atoms with Crippen molar-refractivity contribution in [3.8, 4) is 0 Å². The molecule has 0 fully saturated rings. The zero-order valence-electron chi connectivity index (χ0n) is 15.1. The van der Waals surface area contributed by atoms with Crippen molar-refractivity contribution < 1.29 is 9.53 Å². The molecule has 4 N–H and O–H groups in total. The Morgan fingerprint density at radius 3 is 2.46 bits per heavy atom. The van der Waals surface area contributed by atoms with E-state index in [0.29, 0.717) is 18.0 Å². The number of guanidine groups is 1. The lowest BCUT2D eigenvalue weighted by Crippen LogP contribution is -2.37. The van der Waals surface area contributed by atoms with E-state index in [0.717, 1.165) is 4.57 Å². The Kier molecular flexibility index (Phi) is 5.33. The molecule has 0 bridgehead atoms. The smallest absolute Gasteiger partial charge is 0.332 e. The molecule has 2 rings (SSSR count). The molecule has 0 aliphatic rings. The van der Waals surface area contributed by atoms with E-state index in [2.05, 4.69) is 9.98 Å². The van der Waals surface area contributed by atoms with Gasteiger partial charge in [-0.3, -0.25) is 18.7 Å². The number of carbonyl (C=O) groups is 1. The SMILES string of the molecule is CN(CCOC(=O)CN=C(N)N)c1nc2c(c(=O)n(C)c(=O)n2C)n1C. The zero-order chi connectivity index (χ0) is 19.6. The predicted molar refractivity (Wildman–Crippen MR) is 96.1 cm³/mol. The number of imidazole rings is 1. The number of esters is 1. The van der Waals surface area contributed by atoms with Gasteiger partial charge in [-0.1, -0.05) is 0 Å². The summed E-state index contributed by atoms with van der Waals surface area (Å²) in [5, 5.41) is 0. The average Bonchev–Trinajstić information content (AvgIpc) is 2.93. The summed E-state index contributed by atoms with van der Waals surface area (Å²) < 4.78 is 8.96. The number of rotatable bonds is 6. The number of ether oxygens (including phenoxy) is 1. The second-order valence-corrected chi connectivity index (χ2v) is 5.73. The van der Waals surface area contributed by atoms with Crippen molar-refractivity contribution in [1.82, 2.24) is 18.7 Å². The third-order valence-electron chi connectivity index (χ3n) is 3.87. The Bertz CT molecular complexity index is 979. The Labute approximate surface area is 148 Å². The van der Waals surface area contributed by atoms with E-state index in [1.54, 1.807) is 30.6 Å². The number of aromatic nitrogens is 4. The van der Waals surface area contributed by atoms with Crippen LogP contribution in [-0.4, -0.2) is 57.4 Å². The van der Waals surface area contributed by atoms with Gasteiger partial charge in [-0.25, -0.2) is 9.79 Å². The van der Waals surface area contributed by atoms with E-state index in [4.69, 9.17) is 16.2 Å². The van der Waals surface area contributed by atoms with Crippen molar-refractivity contribution in [2.75, 3.05) is 31.6 Å². The Morgan fingerprint density at radius 2 is 1.85 bits per heavy atom. The maximum Gasteiger partial charge on any atom is 0.332 e. The van der Waals surface area contributed by atoms with Crippen LogP contribution in [0.1, 0.15) is 0 Å². The lowest BCUT2D eigenvalue weighted by Gasteiger charge is -2.17. The van der Waals surface area contributed by atoms with Gasteiger partial charge in [0.1, 0.15) is 13.2 Å². The average molecular weight is 366 g/mol. The normalized spacial score (nSPS) is 10.8. The molecule has 12 nitrogen and oxygen atoms in total. The summed E-state index contributed by atoms with van der Waals surface area (Å²) in [6, 6.07) is 0. The monoisotopic (exact) mass is 366 g/mol. The minimum atomic E-state index is -0.562. The minimum absolute atomic E-state index is 0.0788. The van der Waals surface area contributed by atoms with E-state index >= 15 is 0 Å². The van der Waals surface area contributed by atoms with E-state index < -0.39 is 17.2 Å². The lowest BCUT2D eigenvalue weighted by atomic mass is 10.5. The van der Waals surface area contributed by atoms with Gasteiger partial charge in [-0.05, 0) is 0 Å². The topological polar surface area (TPSA) is 156 Å². The zero-order valence-corrected chi connectivity index (χ0v) is 15.1. The minimum Gasteiger partial charge on any atom is -0.462 e. The molecule has 0 amide bonds. The van der Waals surface area contributed by atoms with Gasteiger partial charge in [0.15, 0.2) is 17.1 Å². The first-order chi connectivity index (χ1) is 12.1. The maximum atomic E-state index is 12.4. The Morgan fingerprint density at radius 1 is 1.19 bits per heavy atom. The number of aryl methyl sites for hydroxylation is 2. The van der Waals surface area contributed by atoms with Crippen LogP contribution in [0.3, 0.4) is 0 Å². The van der Waals surface area contributed by atoms with Crippen molar-refractivity contribution in [2.24, 2.45) is 37.6 Å². The molecular weight excluding hydrogens is 344 g/mol. The number of carbonyl (C=O) groups excluding carboxylic acids is 1. The highest BCUT2D eigenvalue weighted by Gasteiger charge is 2.19. The first-order valence-corrected chi connectivity index (χ1v) is 7.69. The molecule has 0 saturated carbocycles. The molecule has 0 radical (unpaired) electrons. The fourth-order valence-corrected chi connectivity index (χ4v) is 2.45. The molecule has 2 heterocycles. The molecule has 0 saturated heterocycles. The first-order valence-electron chi connectivity index (χ1n) is 7.69. The molecule has 26 heavy (non-hydrogen) atoms. The van der Waals surface area contributed by atoms with Gasteiger partial charge in [0.05, 0.1) is 6.54 Å². The van der Waals surface area contributed by atoms with Crippen LogP contribution in [0, 0.1) is 0 Å². The lowest BCUT2D eigenvalue weighted by molar-refractivity contribution is -0.141. The van der Waals surface area contributed by atoms with Crippen LogP contribution < -0.4 is 27.6 Å². The molecule has 0 spiro atoms. The summed E-state index contributed by atoms with van der Waals surface area (Å²) in [6.45, 7) is 0.144. The first kappa shape index (κ1) is 19.0. The summed E-state index contributed by atoms with van der Waals surface area (Å²) in [4.78, 5) is 45.5. The molecule has 2 aromatic rings. The molecule has 0 unspecified atom stereocenters. The second-order valence-electron chi connectivity index (χ2n) is 5.73. The molecule has 0 aliphatic carbocycles. The second kappa shape index (κ2) is 7.29. The van der Waals surface area contributed by atoms with Crippen molar-refractivity contribution >= 4 is 29.0 Å². The Balaban J connectivity index is 2.19. The van der Waals surface area contributed by atoms with E-state index in [1.807, 2.05) is 0 Å². The summed E-state index contributed by atoms with van der Waals surface area (Å²) in [7, 11) is 6.37. The van der Waals surface area contributed by atoms with Crippen LogP contribution in [0.2, 0.25) is 0 Å². The summed E-state index contributed by atoms with van der Waals surface area (Å²) in [5.74, 6) is -0.294. The van der Waals surface area contributed by atoms with Gasteiger partial charge in [-0.2, -0.15) is 4.98 Å². The third kappa shape index (κ3) is 3.53. The number of anilines is 1. The van der Waals surface area contributed by atoms with Crippen LogP contribution in [0.4, 0.5) is 5.95 Å². The fourth-order valence-electron chi connectivity index (χ4n) is 2.45. The third-order valence-corrected chi connectivity index (χ3v) is 3.87. The molecule has 142 valence electrons. The highest BCUT2D eigenvalue weighted by atomic mass is 16.5. The van der Waals surface area contributed by atoms with Crippen LogP contribution in [0.25, 0.3) is 11.2 Å². The number of likely N-dealkylation sites (N-methyl/N-ethyl adjacent to an activating group) is 1. The quantitative estimate of drug-likeness (QED) is 0.316. The summed E-state index contributed by atoms with van der Waals surface area (Å²) in [5.41, 5.74) is 9.99. The van der Waals surface area contributed by atoms with Gasteiger partial charge < -0.3 is 25.7 Å². The number of aliphatic imine (C=N–C) groups is 1. The van der Waals surface area contributed by atoms with Crippen LogP contribution in [0.15, 0.2) is 14.6 Å². The van der Waals surface area contributed by atoms with Crippen LogP contribution >= 0.6 is 0 Å². The number of hydrogen-bond donors (Lipinski definition) is 2. The van der Waals surface area contributed by atoms with Crippen molar-refractivity contribution in [3.05, 3.63) is 20.8 Å². The van der Waals surface area contributed by atoms with Crippen molar-refractivity contribution in [2.45, 2.75) is 0 Å². The van der Waals surface area contributed by atoms with Crippen LogP contribution in [-0.2, 0) is 30.7 Å². The van der Waals surface area contributed by atoms with E-state index in [9.17, 15) is 14.4 Å². The predicted octanol–water partition coefficient (Wildman–Crippen LogP) is -2.78. The number of nitrogens with zero attached hydrogens (tertiary/aromatic N) is 6. The van der Waals surface area contributed by atoms with E-state index in [1.165, 1.54) is 11.6 Å². The standard InChI is InChI=1S/C14H22N8O4/c1-19(5-6-26-8(23)7-17-12(15)16)13-18-10-9(20(13)2)11(24)22(4)14(25)21(10)3/h5-7H2,1-4H3,(H4,15,16,17).